The van der Waals surface area contributed by atoms with Crippen LogP contribution in [0.3, 0.4) is 0 Å². The monoisotopic (exact) mass is 294 g/mol. The fourth-order valence-corrected chi connectivity index (χ4v) is 2.43. The number of aliphatic imine (C=N–C) groups is 2. The highest BCUT2D eigenvalue weighted by atomic mass is 16.5. The molecule has 2 aliphatic rings. The summed E-state index contributed by atoms with van der Waals surface area (Å²) in [6, 6.07) is 11.2. The van der Waals surface area contributed by atoms with E-state index >= 15 is 0 Å². The van der Waals surface area contributed by atoms with Crippen LogP contribution in [0.25, 0.3) is 0 Å². The highest BCUT2D eigenvalue weighted by molar-refractivity contribution is 5.94. The van der Waals surface area contributed by atoms with Crippen molar-refractivity contribution in [3.05, 3.63) is 60.2 Å². The van der Waals surface area contributed by atoms with Gasteiger partial charge in [0.05, 0.1) is 0 Å². The minimum absolute atomic E-state index is 0.0433. The lowest BCUT2D eigenvalue weighted by Gasteiger charge is -2.07. The average molecular weight is 294 g/mol. The summed E-state index contributed by atoms with van der Waals surface area (Å²) in [5, 5.41) is 0. The van der Waals surface area contributed by atoms with E-state index in [1.54, 1.807) is 12.4 Å². The molecule has 0 radical (unpaired) electrons. The van der Waals surface area contributed by atoms with Crippen LogP contribution in [0.5, 0.6) is 0 Å². The Morgan fingerprint density at radius 2 is 1.23 bits per heavy atom. The summed E-state index contributed by atoms with van der Waals surface area (Å²) in [6.07, 6.45) is 3.45. The maximum atomic E-state index is 5.65. The van der Waals surface area contributed by atoms with Crippen LogP contribution in [0.4, 0.5) is 0 Å². The van der Waals surface area contributed by atoms with E-state index in [0.717, 1.165) is 11.4 Å². The Morgan fingerprint density at radius 1 is 0.727 bits per heavy atom. The summed E-state index contributed by atoms with van der Waals surface area (Å²) >= 11 is 0. The quantitative estimate of drug-likeness (QED) is 0.859. The van der Waals surface area contributed by atoms with Gasteiger partial charge in [-0.2, -0.15) is 0 Å². The molecule has 2 aliphatic heterocycles. The van der Waals surface area contributed by atoms with E-state index in [9.17, 15) is 0 Å². The molecule has 0 fully saturated rings. The van der Waals surface area contributed by atoms with Crippen LogP contribution in [0, 0.1) is 0 Å². The van der Waals surface area contributed by atoms with Crippen molar-refractivity contribution in [3.8, 4) is 0 Å². The van der Waals surface area contributed by atoms with Crippen molar-refractivity contribution in [1.29, 1.82) is 0 Å². The Bertz CT molecular complexity index is 652. The summed E-state index contributed by atoms with van der Waals surface area (Å²) in [5.74, 6) is 1.15. The van der Waals surface area contributed by atoms with E-state index in [2.05, 4.69) is 20.0 Å². The number of aromatic nitrogens is 2. The molecule has 0 aliphatic carbocycles. The highest BCUT2D eigenvalue weighted by Gasteiger charge is 2.33. The maximum absolute atomic E-state index is 5.65. The lowest BCUT2D eigenvalue weighted by molar-refractivity contribution is 0.263. The van der Waals surface area contributed by atoms with Crippen molar-refractivity contribution in [3.63, 3.8) is 0 Å². The second kappa shape index (κ2) is 5.55. The molecule has 0 unspecified atom stereocenters. The third kappa shape index (κ3) is 2.43. The lowest BCUT2D eigenvalue weighted by atomic mass is 10.2. The SMILES string of the molecule is c1ccc(C2=N[C@@H]([C@H]3COC(c4ccccn4)=N3)CO2)nc1. The van der Waals surface area contributed by atoms with Crippen molar-refractivity contribution < 1.29 is 9.47 Å². The Balaban J connectivity index is 1.52. The third-order valence-corrected chi connectivity index (χ3v) is 3.56. The predicted molar refractivity (Wildman–Crippen MR) is 81.0 cm³/mol. The molecule has 6 heteroatoms. The normalized spacial score (nSPS) is 23.5. The minimum Gasteiger partial charge on any atom is -0.474 e. The molecular weight excluding hydrogens is 280 g/mol. The van der Waals surface area contributed by atoms with Gasteiger partial charge in [0.1, 0.15) is 36.7 Å². The molecule has 4 heterocycles. The van der Waals surface area contributed by atoms with Crippen LogP contribution in [0.2, 0.25) is 0 Å². The molecule has 110 valence electrons. The molecule has 0 saturated heterocycles. The van der Waals surface area contributed by atoms with Crippen molar-refractivity contribution in [1.82, 2.24) is 9.97 Å². The van der Waals surface area contributed by atoms with Gasteiger partial charge < -0.3 is 9.47 Å². The highest BCUT2D eigenvalue weighted by Crippen LogP contribution is 2.20. The van der Waals surface area contributed by atoms with E-state index in [4.69, 9.17) is 9.47 Å². The van der Waals surface area contributed by atoms with Gasteiger partial charge in [0.15, 0.2) is 0 Å². The van der Waals surface area contributed by atoms with Crippen LogP contribution >= 0.6 is 0 Å². The van der Waals surface area contributed by atoms with Crippen LogP contribution in [0.1, 0.15) is 11.4 Å². The Morgan fingerprint density at radius 3 is 1.64 bits per heavy atom. The van der Waals surface area contributed by atoms with E-state index in [0.29, 0.717) is 25.0 Å². The molecule has 0 saturated carbocycles. The first kappa shape index (κ1) is 12.9. The first-order valence-electron chi connectivity index (χ1n) is 7.14. The van der Waals surface area contributed by atoms with Gasteiger partial charge in [-0.15, -0.1) is 0 Å². The first-order chi connectivity index (χ1) is 10.9. The van der Waals surface area contributed by atoms with Gasteiger partial charge in [0, 0.05) is 12.4 Å². The molecule has 0 aromatic carbocycles. The van der Waals surface area contributed by atoms with Crippen LogP contribution in [0.15, 0.2) is 58.8 Å². The molecule has 0 N–H and O–H groups in total. The summed E-state index contributed by atoms with van der Waals surface area (Å²) in [7, 11) is 0. The number of rotatable bonds is 3. The van der Waals surface area contributed by atoms with Gasteiger partial charge in [0.25, 0.3) is 0 Å². The molecule has 6 nitrogen and oxygen atoms in total. The zero-order valence-electron chi connectivity index (χ0n) is 11.8. The Labute approximate surface area is 127 Å². The number of nitrogens with zero attached hydrogens (tertiary/aromatic N) is 4. The topological polar surface area (TPSA) is 69.0 Å². The van der Waals surface area contributed by atoms with E-state index in [1.807, 2.05) is 36.4 Å². The van der Waals surface area contributed by atoms with Gasteiger partial charge in [-0.25, -0.2) is 9.98 Å². The lowest BCUT2D eigenvalue weighted by Crippen LogP contribution is -2.25. The molecule has 2 aromatic rings. The molecular formula is C16H14N4O2. The molecule has 0 spiro atoms. The molecule has 0 amide bonds. The molecule has 2 atom stereocenters. The van der Waals surface area contributed by atoms with E-state index in [-0.39, 0.29) is 12.1 Å². The third-order valence-electron chi connectivity index (χ3n) is 3.56. The Kier molecular flexibility index (Phi) is 3.27. The molecule has 22 heavy (non-hydrogen) atoms. The summed E-state index contributed by atoms with van der Waals surface area (Å²) in [4.78, 5) is 17.7. The Hall–Kier alpha value is -2.76. The second-order valence-electron chi connectivity index (χ2n) is 5.06. The van der Waals surface area contributed by atoms with Gasteiger partial charge in [-0.3, -0.25) is 9.97 Å². The summed E-state index contributed by atoms with van der Waals surface area (Å²) < 4.78 is 11.3. The minimum atomic E-state index is -0.0433. The van der Waals surface area contributed by atoms with Crippen LogP contribution < -0.4 is 0 Å². The first-order valence-corrected chi connectivity index (χ1v) is 7.14. The van der Waals surface area contributed by atoms with Crippen LogP contribution in [-0.4, -0.2) is 47.1 Å². The smallest absolute Gasteiger partial charge is 0.235 e. The van der Waals surface area contributed by atoms with Crippen molar-refractivity contribution in [2.75, 3.05) is 13.2 Å². The van der Waals surface area contributed by atoms with Gasteiger partial charge in [0.2, 0.25) is 11.8 Å². The maximum Gasteiger partial charge on any atom is 0.235 e. The number of pyridine rings is 2. The second-order valence-corrected chi connectivity index (χ2v) is 5.06. The van der Waals surface area contributed by atoms with Crippen LogP contribution in [-0.2, 0) is 9.47 Å². The van der Waals surface area contributed by atoms with E-state index in [1.165, 1.54) is 0 Å². The zero-order valence-corrected chi connectivity index (χ0v) is 11.8. The fraction of sp³-hybridized carbons (Fsp3) is 0.250. The van der Waals surface area contributed by atoms with Crippen molar-refractivity contribution in [2.45, 2.75) is 12.1 Å². The molecule has 0 bridgehead atoms. The van der Waals surface area contributed by atoms with Crippen molar-refractivity contribution in [2.24, 2.45) is 9.98 Å². The largest absolute Gasteiger partial charge is 0.474 e. The zero-order chi connectivity index (χ0) is 14.8. The molecule has 2 aromatic heterocycles. The fourth-order valence-electron chi connectivity index (χ4n) is 2.43. The predicted octanol–water partition coefficient (Wildman–Crippen LogP) is 1.47. The number of ether oxygens (including phenoxy) is 2. The summed E-state index contributed by atoms with van der Waals surface area (Å²) in [6.45, 7) is 0.998. The van der Waals surface area contributed by atoms with Gasteiger partial charge >= 0.3 is 0 Å². The number of hydrogen-bond donors (Lipinski definition) is 0. The van der Waals surface area contributed by atoms with Crippen molar-refractivity contribution >= 4 is 11.8 Å². The summed E-state index contributed by atoms with van der Waals surface area (Å²) in [5.41, 5.74) is 1.50. The number of hydrogen-bond acceptors (Lipinski definition) is 6. The van der Waals surface area contributed by atoms with Gasteiger partial charge in [-0.05, 0) is 24.3 Å². The van der Waals surface area contributed by atoms with Gasteiger partial charge in [-0.1, -0.05) is 12.1 Å². The molecule has 4 rings (SSSR count). The standard InChI is InChI=1S/C16H14N4O2/c1-3-7-17-11(5-1)15-19-13(9-21-15)14-10-22-16(20-14)12-6-2-4-8-18-12/h1-8,13-14H,9-10H2/t13-,14-/m1/s1. The average Bonchev–Trinajstić information content (AvgIpc) is 3.26. The van der Waals surface area contributed by atoms with E-state index < -0.39 is 0 Å².